The predicted molar refractivity (Wildman–Crippen MR) is 77.2 cm³/mol. The summed E-state index contributed by atoms with van der Waals surface area (Å²) in [4.78, 5) is 20.1. The van der Waals surface area contributed by atoms with Crippen LogP contribution in [0.15, 0.2) is 0 Å². The van der Waals surface area contributed by atoms with Crippen LogP contribution in [-0.2, 0) is 30.7 Å². The van der Waals surface area contributed by atoms with Crippen molar-refractivity contribution in [3.8, 4) is 0 Å². The fourth-order valence-electron chi connectivity index (χ4n) is 0.737. The van der Waals surface area contributed by atoms with E-state index in [-0.39, 0.29) is 21.1 Å². The van der Waals surface area contributed by atoms with E-state index in [4.69, 9.17) is 21.7 Å². The van der Waals surface area contributed by atoms with Gasteiger partial charge in [-0.1, -0.05) is 0 Å². The summed E-state index contributed by atoms with van der Waals surface area (Å²) in [5, 5.41) is 16.5. The van der Waals surface area contributed by atoms with Gasteiger partial charge in [-0.25, -0.2) is 0 Å². The van der Waals surface area contributed by atoms with Crippen molar-refractivity contribution in [2.24, 2.45) is 11.5 Å². The standard InChI is InChI=1S/2C5H11NO2S.Pt/c2*1-9-3-2-4(6)5(7)8;/h2*4H,2-3,6H2,1H3,(H,7,8);. The van der Waals surface area contributed by atoms with Crippen LogP contribution in [0, 0.1) is 0 Å². The van der Waals surface area contributed by atoms with Crippen molar-refractivity contribution in [1.29, 1.82) is 0 Å². The molecule has 0 aliphatic carbocycles. The zero-order chi connectivity index (χ0) is 14.6. The van der Waals surface area contributed by atoms with Crippen LogP contribution in [0.3, 0.4) is 0 Å². The molecule has 9 heteroatoms. The average molecular weight is 494 g/mol. The molecule has 6 nitrogen and oxygen atoms in total. The SMILES string of the molecule is CSCCC(N)C(=O)O.CSCCC(N)C(=O)O.[Pt]. The molecule has 0 saturated carbocycles. The maximum Gasteiger partial charge on any atom is 0.320 e. The van der Waals surface area contributed by atoms with Crippen LogP contribution in [0.1, 0.15) is 12.8 Å². The Morgan fingerprint density at radius 2 is 1.21 bits per heavy atom. The van der Waals surface area contributed by atoms with E-state index in [1.165, 1.54) is 0 Å². The molecule has 0 aliphatic rings. The second-order valence-electron chi connectivity index (χ2n) is 3.45. The van der Waals surface area contributed by atoms with Crippen molar-refractivity contribution in [1.82, 2.24) is 0 Å². The zero-order valence-electron chi connectivity index (χ0n) is 11.0. The molecule has 0 aromatic heterocycles. The minimum atomic E-state index is -0.913. The Balaban J connectivity index is -0.000000256. The molecule has 0 aromatic carbocycles. The predicted octanol–water partition coefficient (Wildman–Crippen LogP) is 0.300. The van der Waals surface area contributed by atoms with E-state index >= 15 is 0 Å². The number of thioether (sulfide) groups is 2. The van der Waals surface area contributed by atoms with Gasteiger partial charge in [0.05, 0.1) is 0 Å². The maximum atomic E-state index is 10.1. The molecule has 118 valence electrons. The first-order valence-electron chi connectivity index (χ1n) is 5.31. The maximum absolute atomic E-state index is 10.1. The van der Waals surface area contributed by atoms with Crippen molar-refractivity contribution < 1.29 is 40.9 Å². The summed E-state index contributed by atoms with van der Waals surface area (Å²) in [7, 11) is 0. The van der Waals surface area contributed by atoms with Crippen LogP contribution in [0.4, 0.5) is 0 Å². The van der Waals surface area contributed by atoms with Crippen LogP contribution >= 0.6 is 23.5 Å². The third-order valence-corrected chi connectivity index (χ3v) is 3.19. The molecule has 0 bridgehead atoms. The second kappa shape index (κ2) is 16.3. The molecule has 0 fully saturated rings. The monoisotopic (exact) mass is 493 g/mol. The molecule has 2 atom stereocenters. The number of rotatable bonds is 8. The largest absolute Gasteiger partial charge is 0.480 e. The number of aliphatic carboxylic acids is 2. The molecule has 0 aromatic rings. The minimum Gasteiger partial charge on any atom is -0.480 e. The van der Waals surface area contributed by atoms with Crippen molar-refractivity contribution in [3.05, 3.63) is 0 Å². The van der Waals surface area contributed by atoms with E-state index in [2.05, 4.69) is 0 Å². The summed E-state index contributed by atoms with van der Waals surface area (Å²) in [6.07, 6.45) is 4.95. The van der Waals surface area contributed by atoms with Gasteiger partial charge in [0.25, 0.3) is 0 Å². The quantitative estimate of drug-likeness (QED) is 0.381. The Kier molecular flexibility index (Phi) is 20.8. The smallest absolute Gasteiger partial charge is 0.320 e. The normalized spacial score (nSPS) is 12.4. The number of carboxylic acids is 2. The van der Waals surface area contributed by atoms with Gasteiger partial charge in [0, 0.05) is 21.1 Å². The van der Waals surface area contributed by atoms with Gasteiger partial charge in [0.2, 0.25) is 0 Å². The molecule has 0 spiro atoms. The van der Waals surface area contributed by atoms with E-state index < -0.39 is 24.0 Å². The molecule has 0 radical (unpaired) electrons. The third-order valence-electron chi connectivity index (χ3n) is 1.90. The molecular weight excluding hydrogens is 471 g/mol. The number of hydrogen-bond acceptors (Lipinski definition) is 6. The summed E-state index contributed by atoms with van der Waals surface area (Å²) in [6, 6.07) is -1.37. The van der Waals surface area contributed by atoms with Gasteiger partial charge in [0.15, 0.2) is 0 Å². The fraction of sp³-hybridized carbons (Fsp3) is 0.800. The second-order valence-corrected chi connectivity index (χ2v) is 5.42. The Labute approximate surface area is 136 Å². The van der Waals surface area contributed by atoms with E-state index in [0.717, 1.165) is 11.5 Å². The van der Waals surface area contributed by atoms with Gasteiger partial charge in [0.1, 0.15) is 12.1 Å². The Bertz CT molecular complexity index is 224. The van der Waals surface area contributed by atoms with Crippen molar-refractivity contribution in [2.75, 3.05) is 24.0 Å². The van der Waals surface area contributed by atoms with Crippen molar-refractivity contribution in [3.63, 3.8) is 0 Å². The molecule has 2 unspecified atom stereocenters. The van der Waals surface area contributed by atoms with E-state index in [1.807, 2.05) is 12.5 Å². The van der Waals surface area contributed by atoms with Crippen molar-refractivity contribution >= 4 is 35.5 Å². The summed E-state index contributed by atoms with van der Waals surface area (Å²) >= 11 is 3.21. The summed E-state index contributed by atoms with van der Waals surface area (Å²) in [5.74, 6) is -0.200. The van der Waals surface area contributed by atoms with Gasteiger partial charge in [-0.3, -0.25) is 9.59 Å². The molecule has 0 saturated heterocycles. The minimum absolute atomic E-state index is 0. The molecular formula is C10H22N2O4PtS2. The number of nitrogens with two attached hydrogens (primary N) is 2. The number of hydrogen-bond donors (Lipinski definition) is 4. The average Bonchev–Trinajstić information content (AvgIpc) is 2.33. The van der Waals surface area contributed by atoms with Crippen molar-refractivity contribution in [2.45, 2.75) is 24.9 Å². The molecule has 6 N–H and O–H groups in total. The molecule has 0 heterocycles. The van der Waals surface area contributed by atoms with Crippen LogP contribution in [0.2, 0.25) is 0 Å². The van der Waals surface area contributed by atoms with E-state index in [0.29, 0.717) is 12.8 Å². The number of carbonyl (C=O) groups is 2. The van der Waals surface area contributed by atoms with Crippen LogP contribution < -0.4 is 11.5 Å². The number of carboxylic acid groups (broad SMARTS) is 2. The Morgan fingerprint density at radius 3 is 1.37 bits per heavy atom. The summed E-state index contributed by atoms with van der Waals surface area (Å²) < 4.78 is 0. The van der Waals surface area contributed by atoms with Crippen LogP contribution in [-0.4, -0.2) is 58.3 Å². The molecule has 0 amide bonds. The topological polar surface area (TPSA) is 127 Å². The molecule has 0 rings (SSSR count). The van der Waals surface area contributed by atoms with Gasteiger partial charge in [-0.05, 0) is 36.9 Å². The van der Waals surface area contributed by atoms with Gasteiger partial charge in [-0.15, -0.1) is 0 Å². The molecule has 0 aliphatic heterocycles. The Hall–Kier alpha value is 0.248. The van der Waals surface area contributed by atoms with E-state index in [9.17, 15) is 9.59 Å². The van der Waals surface area contributed by atoms with Crippen LogP contribution in [0.5, 0.6) is 0 Å². The first kappa shape index (κ1) is 24.3. The molecule has 19 heavy (non-hydrogen) atoms. The first-order chi connectivity index (χ1) is 8.36. The van der Waals surface area contributed by atoms with Gasteiger partial charge in [-0.2, -0.15) is 23.5 Å². The fourth-order valence-corrected chi connectivity index (χ4v) is 1.72. The van der Waals surface area contributed by atoms with E-state index in [1.54, 1.807) is 23.5 Å². The summed E-state index contributed by atoms with van der Waals surface area (Å²) in [5.41, 5.74) is 10.4. The zero-order valence-corrected chi connectivity index (χ0v) is 14.9. The van der Waals surface area contributed by atoms with Gasteiger partial charge >= 0.3 is 11.9 Å². The third kappa shape index (κ3) is 18.2. The van der Waals surface area contributed by atoms with Crippen LogP contribution in [0.25, 0.3) is 0 Å². The summed E-state index contributed by atoms with van der Waals surface area (Å²) in [6.45, 7) is 0. The first-order valence-corrected chi connectivity index (χ1v) is 8.10. The van der Waals surface area contributed by atoms with Gasteiger partial charge < -0.3 is 21.7 Å². The Morgan fingerprint density at radius 1 is 0.947 bits per heavy atom.